The SMILES string of the molecule is COc1ccccc1CN=NC1(S(=O)(=O)[O-])c2ccccc2C(=NNCc2ccccc2OC)C(=O)C1O.[Na+]. The smallest absolute Gasteiger partial charge is 0.746 e. The molecule has 2 N–H and O–H groups in total. The Bertz CT molecular complexity index is 1510. The zero-order chi connectivity index (χ0) is 27.3. The van der Waals surface area contributed by atoms with Crippen LogP contribution in [-0.4, -0.2) is 49.9 Å². The van der Waals surface area contributed by atoms with Crippen molar-refractivity contribution in [3.8, 4) is 11.5 Å². The zero-order valence-electron chi connectivity index (χ0n) is 21.6. The Labute approximate surface area is 248 Å². The molecular formula is C26H25N4NaO7S. The quantitative estimate of drug-likeness (QED) is 0.153. The second kappa shape index (κ2) is 12.8. The van der Waals surface area contributed by atoms with Crippen molar-refractivity contribution in [2.45, 2.75) is 24.1 Å². The van der Waals surface area contributed by atoms with Crippen LogP contribution < -0.4 is 44.5 Å². The fourth-order valence-electron chi connectivity index (χ4n) is 4.24. The average molecular weight is 561 g/mol. The molecule has 0 aromatic heterocycles. The molecule has 0 aliphatic heterocycles. The molecule has 4 rings (SSSR count). The van der Waals surface area contributed by atoms with Gasteiger partial charge in [0.15, 0.2) is 6.10 Å². The number of fused-ring (bicyclic) bond motifs is 1. The summed E-state index contributed by atoms with van der Waals surface area (Å²) in [6.07, 6.45) is -2.38. The van der Waals surface area contributed by atoms with Crippen LogP contribution in [0.1, 0.15) is 22.3 Å². The monoisotopic (exact) mass is 560 g/mol. The number of benzene rings is 3. The van der Waals surface area contributed by atoms with E-state index in [2.05, 4.69) is 20.8 Å². The van der Waals surface area contributed by atoms with Gasteiger partial charge in [0.25, 0.3) is 0 Å². The number of Topliss-reactive ketones (excluding diaryl/α,β-unsaturated/α-hetero) is 1. The minimum atomic E-state index is -5.45. The van der Waals surface area contributed by atoms with Crippen LogP contribution >= 0.6 is 0 Å². The molecule has 39 heavy (non-hydrogen) atoms. The van der Waals surface area contributed by atoms with E-state index in [4.69, 9.17) is 9.47 Å². The molecule has 2 unspecified atom stereocenters. The standard InChI is InChI=1S/C26H26N4O7S.Na/c1-36-21-13-7-3-9-17(21)15-27-29-23-19-11-5-6-12-20(19)26(38(33,34)35,25(32)24(23)31)30-28-16-18-10-4-8-14-22(18)37-2;/h3-14,25,27,32H,15-16H2,1-2H3,(H,33,34,35);/q;+1/p-1. The average Bonchev–Trinajstić information content (AvgIpc) is 2.92. The summed E-state index contributed by atoms with van der Waals surface area (Å²) in [6, 6.07) is 19.8. The molecule has 0 spiro atoms. The largest absolute Gasteiger partial charge is 1.00 e. The maximum Gasteiger partial charge on any atom is 1.00 e. The van der Waals surface area contributed by atoms with Crippen LogP contribution in [0.25, 0.3) is 0 Å². The van der Waals surface area contributed by atoms with Gasteiger partial charge in [-0.25, -0.2) is 8.42 Å². The number of hydrogen-bond donors (Lipinski definition) is 2. The van der Waals surface area contributed by atoms with E-state index in [1.807, 2.05) is 0 Å². The number of hydrogen-bond acceptors (Lipinski definition) is 11. The summed E-state index contributed by atoms with van der Waals surface area (Å²) in [4.78, 5) is 10.4. The molecule has 0 saturated carbocycles. The molecule has 198 valence electrons. The minimum absolute atomic E-state index is 0. The molecule has 3 aromatic rings. The summed E-state index contributed by atoms with van der Waals surface area (Å²) in [7, 11) is -2.47. The van der Waals surface area contributed by atoms with Gasteiger partial charge in [0.2, 0.25) is 10.7 Å². The van der Waals surface area contributed by atoms with Crippen LogP contribution in [0.3, 0.4) is 0 Å². The molecule has 0 bridgehead atoms. The summed E-state index contributed by atoms with van der Waals surface area (Å²) < 4.78 is 48.5. The van der Waals surface area contributed by atoms with Gasteiger partial charge >= 0.3 is 29.6 Å². The number of aliphatic hydroxyl groups is 1. The van der Waals surface area contributed by atoms with E-state index in [-0.39, 0.29) is 59.5 Å². The summed E-state index contributed by atoms with van der Waals surface area (Å²) >= 11 is 0. The Morgan fingerprint density at radius 1 is 0.949 bits per heavy atom. The Balaban J connectivity index is 0.00000420. The summed E-state index contributed by atoms with van der Waals surface area (Å²) in [5.41, 5.74) is 3.65. The number of methoxy groups -OCH3 is 2. The second-order valence-corrected chi connectivity index (χ2v) is 9.81. The topological polar surface area (TPSA) is 162 Å². The normalized spacial score (nSPS) is 19.8. The summed E-state index contributed by atoms with van der Waals surface area (Å²) in [6.45, 7) is 0.00837. The number of azo groups is 1. The van der Waals surface area contributed by atoms with Crippen molar-refractivity contribution >= 4 is 21.6 Å². The van der Waals surface area contributed by atoms with Gasteiger partial charge in [-0.3, -0.25) is 4.79 Å². The van der Waals surface area contributed by atoms with Crippen molar-refractivity contribution in [1.82, 2.24) is 5.43 Å². The number of nitrogens with zero attached hydrogens (tertiary/aromatic N) is 3. The van der Waals surface area contributed by atoms with Crippen LogP contribution in [0, 0.1) is 0 Å². The first-order valence-corrected chi connectivity index (χ1v) is 12.9. The first kappa shape index (κ1) is 30.4. The van der Waals surface area contributed by atoms with Gasteiger partial charge < -0.3 is 24.6 Å². The number of hydrazone groups is 1. The number of carbonyl (C=O) groups is 1. The number of ketones is 1. The van der Waals surface area contributed by atoms with E-state index in [1.165, 1.54) is 32.4 Å². The maximum absolute atomic E-state index is 13.3. The van der Waals surface area contributed by atoms with E-state index in [0.717, 1.165) is 5.56 Å². The third-order valence-electron chi connectivity index (χ3n) is 6.11. The van der Waals surface area contributed by atoms with Crippen molar-refractivity contribution in [3.63, 3.8) is 0 Å². The number of nitrogens with one attached hydrogen (secondary N) is 1. The number of ether oxygens (including phenoxy) is 2. The Hall–Kier alpha value is -3.13. The molecular weight excluding hydrogens is 535 g/mol. The van der Waals surface area contributed by atoms with E-state index < -0.39 is 26.9 Å². The molecule has 11 nitrogen and oxygen atoms in total. The molecule has 3 aromatic carbocycles. The third kappa shape index (κ3) is 5.91. The van der Waals surface area contributed by atoms with Gasteiger partial charge in [0.1, 0.15) is 27.3 Å². The molecule has 2 atom stereocenters. The first-order chi connectivity index (χ1) is 18.2. The van der Waals surface area contributed by atoms with Gasteiger partial charge in [-0.2, -0.15) is 15.3 Å². The molecule has 0 saturated heterocycles. The van der Waals surface area contributed by atoms with Crippen molar-refractivity contribution in [3.05, 3.63) is 95.1 Å². The summed E-state index contributed by atoms with van der Waals surface area (Å²) in [5, 5.41) is 22.9. The molecule has 0 heterocycles. The van der Waals surface area contributed by atoms with E-state index in [0.29, 0.717) is 17.1 Å². The van der Waals surface area contributed by atoms with E-state index in [9.17, 15) is 22.9 Å². The molecule has 1 aliphatic carbocycles. The van der Waals surface area contributed by atoms with Gasteiger partial charge in [-0.05, 0) is 12.1 Å². The van der Waals surface area contributed by atoms with E-state index in [1.54, 1.807) is 54.6 Å². The fraction of sp³-hybridized carbons (Fsp3) is 0.231. The molecule has 1 aliphatic rings. The van der Waals surface area contributed by atoms with Gasteiger partial charge in [-0.15, -0.1) is 0 Å². The van der Waals surface area contributed by atoms with Crippen molar-refractivity contribution in [2.75, 3.05) is 14.2 Å². The minimum Gasteiger partial charge on any atom is -0.746 e. The molecule has 0 radical (unpaired) electrons. The van der Waals surface area contributed by atoms with Crippen molar-refractivity contribution in [1.29, 1.82) is 0 Å². The molecule has 0 fully saturated rings. The van der Waals surface area contributed by atoms with Crippen LogP contribution in [0.5, 0.6) is 11.5 Å². The van der Waals surface area contributed by atoms with Gasteiger partial charge in [-0.1, -0.05) is 60.7 Å². The number of aliphatic hydroxyl groups excluding tert-OH is 1. The van der Waals surface area contributed by atoms with Crippen LogP contribution in [0.15, 0.2) is 88.1 Å². The number of para-hydroxylation sites is 2. The van der Waals surface area contributed by atoms with Crippen LogP contribution in [0.2, 0.25) is 0 Å². The maximum atomic E-state index is 13.3. The first-order valence-electron chi connectivity index (χ1n) is 11.4. The Morgan fingerprint density at radius 3 is 2.15 bits per heavy atom. The van der Waals surface area contributed by atoms with Crippen molar-refractivity contribution < 1.29 is 61.9 Å². The van der Waals surface area contributed by atoms with E-state index >= 15 is 0 Å². The zero-order valence-corrected chi connectivity index (χ0v) is 24.4. The van der Waals surface area contributed by atoms with Gasteiger partial charge in [0.05, 0.1) is 27.3 Å². The Kier molecular flexibility index (Phi) is 9.99. The molecule has 13 heteroatoms. The fourth-order valence-corrected chi connectivity index (χ4v) is 5.22. The predicted octanol–water partition coefficient (Wildman–Crippen LogP) is -0.504. The second-order valence-electron chi connectivity index (χ2n) is 8.28. The van der Waals surface area contributed by atoms with Crippen LogP contribution in [-0.2, 0) is 32.9 Å². The third-order valence-corrected chi connectivity index (χ3v) is 7.39. The van der Waals surface area contributed by atoms with Crippen LogP contribution in [0.4, 0.5) is 0 Å². The van der Waals surface area contributed by atoms with Gasteiger partial charge in [0, 0.05) is 22.3 Å². The predicted molar refractivity (Wildman–Crippen MR) is 137 cm³/mol. The number of carbonyl (C=O) groups excluding carboxylic acids is 1. The summed E-state index contributed by atoms with van der Waals surface area (Å²) in [5.74, 6) is -0.0175. The molecule has 0 amide bonds. The Morgan fingerprint density at radius 2 is 1.51 bits per heavy atom. The number of rotatable bonds is 9. The van der Waals surface area contributed by atoms with Crippen molar-refractivity contribution in [2.24, 2.45) is 15.3 Å².